The van der Waals surface area contributed by atoms with Gasteiger partial charge in [0, 0.05) is 0 Å². The van der Waals surface area contributed by atoms with Gasteiger partial charge in [-0.3, -0.25) is 27.2 Å². The van der Waals surface area contributed by atoms with Crippen molar-refractivity contribution in [2.75, 3.05) is 24.7 Å². The molecule has 3 fully saturated rings. The van der Waals surface area contributed by atoms with Gasteiger partial charge in [-0.2, -0.15) is 0 Å². The fourth-order valence-electron chi connectivity index (χ4n) is 5.21. The SMILES string of the molecule is Nc1ncnc2c1ncn2[C@@H]1O[C@@H]2CO[P@](=O)(S)O[C@H]3[C@@H](F)[C@H](n4cnc5c(N)ncnc54)O[C@@H]3CO[P@@](=O)(S)O[C@H]2[C@H]1O. The zero-order valence-corrected chi connectivity index (χ0v) is 25.5. The largest absolute Gasteiger partial charge is 0.386 e. The van der Waals surface area contributed by atoms with Gasteiger partial charge in [0.25, 0.3) is 0 Å². The normalized spacial score (nSPS) is 38.3. The van der Waals surface area contributed by atoms with E-state index in [4.69, 9.17) is 39.0 Å². The van der Waals surface area contributed by atoms with Crippen molar-refractivity contribution in [3.8, 4) is 0 Å². The third kappa shape index (κ3) is 5.26. The van der Waals surface area contributed by atoms with Gasteiger partial charge in [-0.05, 0) is 0 Å². The number of imidazole rings is 2. The van der Waals surface area contributed by atoms with E-state index in [0.717, 1.165) is 0 Å². The molecule has 44 heavy (non-hydrogen) atoms. The number of anilines is 2. The van der Waals surface area contributed by atoms with Crippen LogP contribution in [0.15, 0.2) is 25.3 Å². The summed E-state index contributed by atoms with van der Waals surface area (Å²) in [7, 11) is 0. The highest BCUT2D eigenvalue weighted by atomic mass is 32.7. The Kier molecular flexibility index (Phi) is 7.61. The van der Waals surface area contributed by atoms with Crippen molar-refractivity contribution in [1.29, 1.82) is 0 Å². The van der Waals surface area contributed by atoms with Crippen molar-refractivity contribution in [1.82, 2.24) is 39.0 Å². The first kappa shape index (κ1) is 30.2. The summed E-state index contributed by atoms with van der Waals surface area (Å²) in [5.41, 5.74) is 12.5. The van der Waals surface area contributed by atoms with Crippen LogP contribution in [0, 0.1) is 0 Å². The Morgan fingerprint density at radius 2 is 1.27 bits per heavy atom. The number of nitrogens with zero attached hydrogens (tertiary/aromatic N) is 8. The van der Waals surface area contributed by atoms with E-state index in [1.54, 1.807) is 0 Å². The summed E-state index contributed by atoms with van der Waals surface area (Å²) >= 11 is 8.07. The third-order valence-electron chi connectivity index (χ3n) is 7.21. The van der Waals surface area contributed by atoms with Gasteiger partial charge in [-0.25, -0.2) is 43.4 Å². The Morgan fingerprint density at radius 1 is 0.795 bits per heavy atom. The second-order valence-electron chi connectivity index (χ2n) is 9.90. The van der Waals surface area contributed by atoms with Crippen molar-refractivity contribution in [2.24, 2.45) is 0 Å². The van der Waals surface area contributed by atoms with Crippen LogP contribution in [0.4, 0.5) is 16.0 Å². The van der Waals surface area contributed by atoms with Crippen LogP contribution in [-0.4, -0.2) is 94.0 Å². The minimum absolute atomic E-state index is 0.0606. The second-order valence-corrected chi connectivity index (χ2v) is 15.7. The van der Waals surface area contributed by atoms with E-state index in [9.17, 15) is 14.2 Å². The van der Waals surface area contributed by atoms with Crippen LogP contribution in [0.1, 0.15) is 12.5 Å². The summed E-state index contributed by atoms with van der Waals surface area (Å²) in [6.07, 6.45) is -6.81. The van der Waals surface area contributed by atoms with E-state index in [1.807, 2.05) is 0 Å². The first-order valence-corrected chi connectivity index (χ1v) is 18.1. The number of fused-ring (bicyclic) bond motifs is 4. The molecule has 5 N–H and O–H groups in total. The molecule has 19 nitrogen and oxygen atoms in total. The quantitative estimate of drug-likeness (QED) is 0.146. The van der Waals surface area contributed by atoms with Crippen LogP contribution in [0.5, 0.6) is 0 Å². The van der Waals surface area contributed by atoms with Crippen LogP contribution < -0.4 is 11.5 Å². The zero-order valence-electron chi connectivity index (χ0n) is 22.0. The number of alkyl halides is 1. The molecule has 3 aliphatic heterocycles. The summed E-state index contributed by atoms with van der Waals surface area (Å²) in [6, 6.07) is 0. The number of ether oxygens (including phenoxy) is 2. The molecule has 0 bridgehead atoms. The first-order valence-electron chi connectivity index (χ1n) is 12.7. The van der Waals surface area contributed by atoms with Crippen molar-refractivity contribution in [2.45, 2.75) is 49.1 Å². The molecular formula is C20H23FN10O9P2S2. The lowest BCUT2D eigenvalue weighted by Gasteiger charge is -2.28. The molecule has 4 aromatic rings. The van der Waals surface area contributed by atoms with Crippen LogP contribution in [0.3, 0.4) is 0 Å². The van der Waals surface area contributed by atoms with Crippen molar-refractivity contribution in [3.05, 3.63) is 25.3 Å². The molecule has 0 spiro atoms. The average molecular weight is 693 g/mol. The lowest BCUT2D eigenvalue weighted by molar-refractivity contribution is -0.0555. The first-order chi connectivity index (χ1) is 20.9. The number of rotatable bonds is 2. The number of hydrogen-bond acceptors (Lipinski definition) is 17. The van der Waals surface area contributed by atoms with Crippen LogP contribution in [0.2, 0.25) is 0 Å². The molecule has 7 heterocycles. The number of aliphatic hydroxyl groups excluding tert-OH is 1. The molecular weight excluding hydrogens is 669 g/mol. The molecule has 7 rings (SSSR count). The summed E-state index contributed by atoms with van der Waals surface area (Å²) in [5, 5.41) is 11.2. The maximum Gasteiger partial charge on any atom is 0.386 e. The Bertz CT molecular complexity index is 1710. The minimum atomic E-state index is -4.34. The van der Waals surface area contributed by atoms with Crippen LogP contribution in [0.25, 0.3) is 22.3 Å². The molecule has 0 aliphatic carbocycles. The predicted octanol–water partition coefficient (Wildman–Crippen LogP) is 1.22. The molecule has 0 saturated carbocycles. The number of thiol groups is 2. The zero-order chi connectivity index (χ0) is 31.0. The molecule has 236 valence electrons. The molecule has 0 unspecified atom stereocenters. The summed E-state index contributed by atoms with van der Waals surface area (Å²) in [4.78, 5) is 24.2. The van der Waals surface area contributed by atoms with Gasteiger partial charge < -0.3 is 26.0 Å². The van der Waals surface area contributed by atoms with E-state index < -0.39 is 76.0 Å². The maximum absolute atomic E-state index is 16.0. The highest BCUT2D eigenvalue weighted by Crippen LogP contribution is 2.60. The van der Waals surface area contributed by atoms with Gasteiger partial charge >= 0.3 is 13.6 Å². The Labute approximate surface area is 256 Å². The average Bonchev–Trinajstić information content (AvgIpc) is 3.73. The van der Waals surface area contributed by atoms with Crippen LogP contribution in [-0.2, 0) is 36.7 Å². The standard InChI is InChI=1S/C20H23FN10O9P2S2/c21-9-13-7(37-19(9)30-5-28-10-15(22)24-3-26-17(10)30)1-35-42(34,44)40-14-8(2-36-41(33,43)39-13)38-20(12(14)32)31-6-29-11-16(23)25-4-27-18(11)31/h3-9,12-14,19-20,32H,1-2H2,(H,33,43)(H,34,44)(H2,22,24,26)(H2,23,25,27)/t7-,8-,9-,12-,13-,14-,19-,20-,41+,42-/m1/s1. The molecule has 10 atom stereocenters. The lowest BCUT2D eigenvalue weighted by atomic mass is 10.1. The van der Waals surface area contributed by atoms with E-state index in [-0.39, 0.29) is 34.0 Å². The van der Waals surface area contributed by atoms with Crippen LogP contribution >= 0.6 is 38.1 Å². The summed E-state index contributed by atoms with van der Waals surface area (Å²) in [5.74, 6) is 0.152. The highest BCUT2D eigenvalue weighted by molar-refractivity contribution is 8.44. The fourth-order valence-corrected chi connectivity index (χ4v) is 8.18. The molecule has 0 aromatic carbocycles. The number of hydrogen-bond donors (Lipinski definition) is 5. The topological polar surface area (TPSA) is 249 Å². The van der Waals surface area contributed by atoms with Crippen molar-refractivity contribution >= 4 is 72.1 Å². The third-order valence-corrected chi connectivity index (χ3v) is 10.4. The Morgan fingerprint density at radius 3 is 1.84 bits per heavy atom. The van der Waals surface area contributed by atoms with E-state index >= 15 is 4.39 Å². The predicted molar refractivity (Wildman–Crippen MR) is 153 cm³/mol. The van der Waals surface area contributed by atoms with Gasteiger partial charge in [0.2, 0.25) is 0 Å². The number of halogens is 1. The number of aliphatic hydroxyl groups is 1. The maximum atomic E-state index is 16.0. The van der Waals surface area contributed by atoms with Gasteiger partial charge in [-0.15, -0.1) is 0 Å². The molecule has 4 aromatic heterocycles. The van der Waals surface area contributed by atoms with Crippen molar-refractivity contribution in [3.63, 3.8) is 0 Å². The van der Waals surface area contributed by atoms with E-state index in [2.05, 4.69) is 54.4 Å². The lowest BCUT2D eigenvalue weighted by Crippen LogP contribution is -2.37. The van der Waals surface area contributed by atoms with Gasteiger partial charge in [-0.1, -0.05) is 24.5 Å². The fraction of sp³-hybridized carbons (Fsp3) is 0.500. The molecule has 0 radical (unpaired) electrons. The number of nitrogen functional groups attached to an aromatic ring is 2. The van der Waals surface area contributed by atoms with Gasteiger partial charge in [0.1, 0.15) is 54.2 Å². The minimum Gasteiger partial charge on any atom is -0.386 e. The Balaban J connectivity index is 1.17. The van der Waals surface area contributed by atoms with E-state index in [1.165, 1.54) is 34.4 Å². The molecule has 3 saturated heterocycles. The number of nitrogens with two attached hydrogens (primary N) is 2. The summed E-state index contributed by atoms with van der Waals surface area (Å²) in [6.45, 7) is -9.83. The number of aromatic nitrogens is 8. The molecule has 3 aliphatic rings. The van der Waals surface area contributed by atoms with Crippen molar-refractivity contribution < 1.29 is 46.2 Å². The van der Waals surface area contributed by atoms with E-state index in [0.29, 0.717) is 0 Å². The second kappa shape index (κ2) is 11.1. The summed E-state index contributed by atoms with van der Waals surface area (Å²) < 4.78 is 79.2. The van der Waals surface area contributed by atoms with Gasteiger partial charge in [0.05, 0.1) is 25.9 Å². The highest BCUT2D eigenvalue weighted by Gasteiger charge is 2.54. The molecule has 0 amide bonds. The van der Waals surface area contributed by atoms with Gasteiger partial charge in [0.15, 0.2) is 41.6 Å². The monoisotopic (exact) mass is 692 g/mol. The Hall–Kier alpha value is -2.49. The molecule has 24 heteroatoms. The smallest absolute Gasteiger partial charge is 0.386 e.